The lowest BCUT2D eigenvalue weighted by atomic mass is 9.92. The fourth-order valence-electron chi connectivity index (χ4n) is 3.84. The summed E-state index contributed by atoms with van der Waals surface area (Å²) in [5, 5.41) is 21.9. The van der Waals surface area contributed by atoms with Gasteiger partial charge in [-0.2, -0.15) is 0 Å². The van der Waals surface area contributed by atoms with Crippen LogP contribution in [-0.2, 0) is 4.74 Å². The number of carbonyl (C=O) groups is 1. The van der Waals surface area contributed by atoms with Gasteiger partial charge < -0.3 is 25.2 Å². The summed E-state index contributed by atoms with van der Waals surface area (Å²) in [6.45, 7) is 6.63. The van der Waals surface area contributed by atoms with E-state index in [9.17, 15) is 9.90 Å². The van der Waals surface area contributed by atoms with Gasteiger partial charge in [0.25, 0.3) is 0 Å². The fourth-order valence-corrected chi connectivity index (χ4v) is 3.84. The molecule has 0 aromatic rings. The molecule has 6 nitrogen and oxygen atoms in total. The van der Waals surface area contributed by atoms with Crippen LogP contribution in [0, 0.1) is 5.92 Å². The Morgan fingerprint density at radius 1 is 1.30 bits per heavy atom. The number of ether oxygens (including phenoxy) is 1. The second kappa shape index (κ2) is 7.81. The van der Waals surface area contributed by atoms with Crippen LogP contribution in [0.5, 0.6) is 0 Å². The maximum atomic E-state index is 12.5. The fraction of sp³-hybridized carbons (Fsp3) is 0.941. The number of amides is 1. The third-order valence-electron chi connectivity index (χ3n) is 4.82. The van der Waals surface area contributed by atoms with Crippen LogP contribution in [0.15, 0.2) is 0 Å². The van der Waals surface area contributed by atoms with Crippen LogP contribution in [0.2, 0.25) is 0 Å². The molecule has 1 aliphatic carbocycles. The van der Waals surface area contributed by atoms with Crippen molar-refractivity contribution in [2.45, 2.75) is 76.7 Å². The molecule has 0 aromatic carbocycles. The molecule has 1 saturated heterocycles. The van der Waals surface area contributed by atoms with Crippen LogP contribution < -0.4 is 5.32 Å². The zero-order valence-corrected chi connectivity index (χ0v) is 14.6. The first-order valence-electron chi connectivity index (χ1n) is 8.83. The number of likely N-dealkylation sites (tertiary alicyclic amines) is 1. The van der Waals surface area contributed by atoms with Gasteiger partial charge in [0.2, 0.25) is 0 Å². The smallest absolute Gasteiger partial charge is 0.410 e. The van der Waals surface area contributed by atoms with Crippen molar-refractivity contribution in [1.29, 1.82) is 0 Å². The monoisotopic (exact) mass is 328 g/mol. The summed E-state index contributed by atoms with van der Waals surface area (Å²) >= 11 is 0. The molecule has 134 valence electrons. The molecule has 2 fully saturated rings. The maximum absolute atomic E-state index is 12.5. The van der Waals surface area contributed by atoms with Crippen molar-refractivity contribution < 1.29 is 19.7 Å². The Kier molecular flexibility index (Phi) is 6.28. The molecular weight excluding hydrogens is 296 g/mol. The van der Waals surface area contributed by atoms with E-state index in [-0.39, 0.29) is 18.7 Å². The van der Waals surface area contributed by atoms with E-state index < -0.39 is 11.7 Å². The van der Waals surface area contributed by atoms with Crippen LogP contribution in [0.4, 0.5) is 4.79 Å². The summed E-state index contributed by atoms with van der Waals surface area (Å²) in [5.41, 5.74) is -0.469. The molecule has 6 heteroatoms. The quantitative estimate of drug-likeness (QED) is 0.712. The van der Waals surface area contributed by atoms with Gasteiger partial charge in [-0.3, -0.25) is 0 Å². The van der Waals surface area contributed by atoms with E-state index in [2.05, 4.69) is 5.32 Å². The van der Waals surface area contributed by atoms with Gasteiger partial charge >= 0.3 is 6.09 Å². The summed E-state index contributed by atoms with van der Waals surface area (Å²) < 4.78 is 5.56. The van der Waals surface area contributed by atoms with Crippen molar-refractivity contribution in [2.75, 3.05) is 19.7 Å². The highest BCUT2D eigenvalue weighted by atomic mass is 16.6. The second-order valence-corrected chi connectivity index (χ2v) is 7.83. The Balaban J connectivity index is 1.96. The Morgan fingerprint density at radius 3 is 2.70 bits per heavy atom. The number of hydrogen-bond donors (Lipinski definition) is 3. The first-order valence-corrected chi connectivity index (χ1v) is 8.83. The highest BCUT2D eigenvalue weighted by molar-refractivity contribution is 5.69. The molecule has 4 unspecified atom stereocenters. The van der Waals surface area contributed by atoms with Crippen molar-refractivity contribution >= 4 is 6.09 Å². The predicted molar refractivity (Wildman–Crippen MR) is 88.2 cm³/mol. The zero-order chi connectivity index (χ0) is 17.0. The predicted octanol–water partition coefficient (Wildman–Crippen LogP) is 1.50. The SMILES string of the molecule is CC(C)(C)OC(=O)N1CCCC1C1CCCC1NCC(O)CO. The van der Waals surface area contributed by atoms with Crippen molar-refractivity contribution in [3.05, 3.63) is 0 Å². The lowest BCUT2D eigenvalue weighted by Crippen LogP contribution is -2.48. The molecule has 2 aliphatic rings. The number of rotatable bonds is 5. The molecule has 4 atom stereocenters. The summed E-state index contributed by atoms with van der Waals surface area (Å²) in [6.07, 6.45) is 4.40. The molecule has 2 rings (SSSR count). The van der Waals surface area contributed by atoms with Crippen LogP contribution in [-0.4, -0.2) is 64.7 Å². The van der Waals surface area contributed by atoms with Gasteiger partial charge in [-0.25, -0.2) is 4.79 Å². The number of hydrogen-bond acceptors (Lipinski definition) is 5. The van der Waals surface area contributed by atoms with Gasteiger partial charge in [0, 0.05) is 25.2 Å². The van der Waals surface area contributed by atoms with E-state index in [4.69, 9.17) is 9.84 Å². The van der Waals surface area contributed by atoms with E-state index in [1.165, 1.54) is 0 Å². The molecule has 0 bridgehead atoms. The molecule has 1 saturated carbocycles. The first-order chi connectivity index (χ1) is 10.8. The molecule has 3 N–H and O–H groups in total. The summed E-state index contributed by atoms with van der Waals surface area (Å²) in [4.78, 5) is 14.4. The van der Waals surface area contributed by atoms with Crippen molar-refractivity contribution in [2.24, 2.45) is 5.92 Å². The van der Waals surface area contributed by atoms with Crippen LogP contribution in [0.1, 0.15) is 52.9 Å². The van der Waals surface area contributed by atoms with E-state index >= 15 is 0 Å². The minimum atomic E-state index is -0.721. The molecule has 1 amide bonds. The largest absolute Gasteiger partial charge is 0.444 e. The minimum absolute atomic E-state index is 0.207. The van der Waals surface area contributed by atoms with Gasteiger partial charge in [0.15, 0.2) is 0 Å². The number of aliphatic hydroxyl groups is 2. The third kappa shape index (κ3) is 5.06. The summed E-state index contributed by atoms with van der Waals surface area (Å²) in [5.74, 6) is 0.399. The van der Waals surface area contributed by atoms with E-state index in [0.29, 0.717) is 18.5 Å². The number of carbonyl (C=O) groups excluding carboxylic acids is 1. The molecule has 0 aromatic heterocycles. The topological polar surface area (TPSA) is 82.0 Å². The summed E-state index contributed by atoms with van der Waals surface area (Å²) in [6, 6.07) is 0.514. The average molecular weight is 328 g/mol. The normalized spacial score (nSPS) is 29.8. The average Bonchev–Trinajstić information content (AvgIpc) is 3.10. The van der Waals surface area contributed by atoms with E-state index in [1.807, 2.05) is 25.7 Å². The Labute approximate surface area is 139 Å². The van der Waals surface area contributed by atoms with Crippen molar-refractivity contribution in [1.82, 2.24) is 10.2 Å². The molecular formula is C17H32N2O4. The van der Waals surface area contributed by atoms with E-state index in [1.54, 1.807) is 0 Å². The minimum Gasteiger partial charge on any atom is -0.444 e. The third-order valence-corrected chi connectivity index (χ3v) is 4.82. The lowest BCUT2D eigenvalue weighted by Gasteiger charge is -2.34. The Hall–Kier alpha value is -0.850. The van der Waals surface area contributed by atoms with Crippen molar-refractivity contribution in [3.63, 3.8) is 0 Å². The van der Waals surface area contributed by atoms with Crippen LogP contribution >= 0.6 is 0 Å². The van der Waals surface area contributed by atoms with Gasteiger partial charge in [-0.15, -0.1) is 0 Å². The molecule has 1 heterocycles. The highest BCUT2D eigenvalue weighted by Gasteiger charge is 2.41. The summed E-state index contributed by atoms with van der Waals surface area (Å²) in [7, 11) is 0. The van der Waals surface area contributed by atoms with Gasteiger partial charge in [0.1, 0.15) is 5.60 Å². The van der Waals surface area contributed by atoms with Crippen LogP contribution in [0.25, 0.3) is 0 Å². The van der Waals surface area contributed by atoms with Crippen LogP contribution in [0.3, 0.4) is 0 Å². The number of aliphatic hydroxyl groups excluding tert-OH is 2. The second-order valence-electron chi connectivity index (χ2n) is 7.83. The lowest BCUT2D eigenvalue weighted by molar-refractivity contribution is 0.0162. The standard InChI is InChI=1S/C17H32N2O4/c1-17(2,3)23-16(22)19-9-5-8-15(19)13-6-4-7-14(13)18-10-12(21)11-20/h12-15,18,20-21H,4-11H2,1-3H3. The molecule has 0 spiro atoms. The maximum Gasteiger partial charge on any atom is 0.410 e. The molecule has 0 radical (unpaired) electrons. The van der Waals surface area contributed by atoms with Crippen molar-refractivity contribution in [3.8, 4) is 0 Å². The zero-order valence-electron chi connectivity index (χ0n) is 14.6. The Bertz CT molecular complexity index is 397. The Morgan fingerprint density at radius 2 is 2.04 bits per heavy atom. The van der Waals surface area contributed by atoms with Gasteiger partial charge in [0.05, 0.1) is 12.7 Å². The van der Waals surface area contributed by atoms with Gasteiger partial charge in [-0.1, -0.05) is 6.42 Å². The molecule has 23 heavy (non-hydrogen) atoms. The number of nitrogens with zero attached hydrogens (tertiary/aromatic N) is 1. The number of nitrogens with one attached hydrogen (secondary N) is 1. The first kappa shape index (κ1) is 18.5. The van der Waals surface area contributed by atoms with E-state index in [0.717, 1.165) is 38.6 Å². The van der Waals surface area contributed by atoms with Gasteiger partial charge in [-0.05, 0) is 52.4 Å². The highest BCUT2D eigenvalue weighted by Crippen LogP contribution is 2.36. The molecule has 1 aliphatic heterocycles.